The highest BCUT2D eigenvalue weighted by atomic mass is 16.5. The molecule has 1 aromatic rings. The molecule has 0 radical (unpaired) electrons. The highest BCUT2D eigenvalue weighted by Crippen LogP contribution is 2.45. The Labute approximate surface area is 149 Å². The van der Waals surface area contributed by atoms with Crippen LogP contribution in [0.5, 0.6) is 11.5 Å². The number of hydrogen-bond donors (Lipinski definition) is 0. The van der Waals surface area contributed by atoms with Crippen molar-refractivity contribution < 1.29 is 23.7 Å². The summed E-state index contributed by atoms with van der Waals surface area (Å²) in [5.74, 6) is 1.56. The quantitative estimate of drug-likeness (QED) is 0.816. The SMILES string of the molecule is COC[C@@H]1CN(C(=O)c2ccc(OC)cc2OC)CC12CCOCC2. The van der Waals surface area contributed by atoms with Gasteiger partial charge in [0.1, 0.15) is 11.5 Å². The minimum absolute atomic E-state index is 0.00368. The lowest BCUT2D eigenvalue weighted by Crippen LogP contribution is -2.39. The van der Waals surface area contributed by atoms with Crippen molar-refractivity contribution >= 4 is 5.91 Å². The molecule has 6 heteroatoms. The van der Waals surface area contributed by atoms with Gasteiger partial charge in [0.15, 0.2) is 0 Å². The molecule has 1 aromatic carbocycles. The van der Waals surface area contributed by atoms with E-state index in [4.69, 9.17) is 18.9 Å². The first-order valence-corrected chi connectivity index (χ1v) is 8.71. The molecule has 0 aliphatic carbocycles. The molecule has 0 N–H and O–H groups in total. The number of nitrogens with zero attached hydrogens (tertiary/aromatic N) is 1. The van der Waals surface area contributed by atoms with Crippen molar-refractivity contribution in [1.82, 2.24) is 4.90 Å². The van der Waals surface area contributed by atoms with Crippen LogP contribution in [0.1, 0.15) is 23.2 Å². The Bertz CT molecular complexity index is 612. The molecule has 138 valence electrons. The molecule has 25 heavy (non-hydrogen) atoms. The summed E-state index contributed by atoms with van der Waals surface area (Å²) in [5, 5.41) is 0. The molecular formula is C19H27NO5. The molecule has 0 saturated carbocycles. The summed E-state index contributed by atoms with van der Waals surface area (Å²) in [6.45, 7) is 3.64. The zero-order valence-electron chi connectivity index (χ0n) is 15.2. The standard InChI is InChI=1S/C19H27NO5/c1-22-12-14-11-20(13-19(14)6-8-25-9-7-19)18(21)16-5-4-15(23-2)10-17(16)24-3/h4-5,10,14H,6-9,11-13H2,1-3H3/t14-/m0/s1. The number of carbonyl (C=O) groups excluding carboxylic acids is 1. The zero-order chi connectivity index (χ0) is 17.9. The lowest BCUT2D eigenvalue weighted by Gasteiger charge is -2.37. The second-order valence-corrected chi connectivity index (χ2v) is 6.88. The minimum Gasteiger partial charge on any atom is -0.497 e. The molecule has 1 spiro atoms. The summed E-state index contributed by atoms with van der Waals surface area (Å²) >= 11 is 0. The van der Waals surface area contributed by atoms with Gasteiger partial charge in [-0.2, -0.15) is 0 Å². The average molecular weight is 349 g/mol. The van der Waals surface area contributed by atoms with Crippen LogP contribution in [0.25, 0.3) is 0 Å². The average Bonchev–Trinajstić information content (AvgIpc) is 2.99. The molecule has 2 aliphatic heterocycles. The van der Waals surface area contributed by atoms with E-state index < -0.39 is 0 Å². The highest BCUT2D eigenvalue weighted by Gasteiger charge is 2.48. The van der Waals surface area contributed by atoms with Gasteiger partial charge in [0.05, 0.1) is 26.4 Å². The van der Waals surface area contributed by atoms with E-state index in [0.29, 0.717) is 36.1 Å². The number of methoxy groups -OCH3 is 3. The maximum atomic E-state index is 13.1. The van der Waals surface area contributed by atoms with Gasteiger partial charge in [0, 0.05) is 45.4 Å². The molecule has 1 amide bonds. The molecule has 0 bridgehead atoms. The van der Waals surface area contributed by atoms with E-state index in [1.54, 1.807) is 39.5 Å². The van der Waals surface area contributed by atoms with Crippen LogP contribution in [0, 0.1) is 11.3 Å². The summed E-state index contributed by atoms with van der Waals surface area (Å²) in [4.78, 5) is 15.1. The van der Waals surface area contributed by atoms with Crippen LogP contribution in [-0.4, -0.2) is 65.0 Å². The second-order valence-electron chi connectivity index (χ2n) is 6.88. The molecule has 3 rings (SSSR count). The molecular weight excluding hydrogens is 322 g/mol. The van der Waals surface area contributed by atoms with Crippen LogP contribution in [0.4, 0.5) is 0 Å². The fraction of sp³-hybridized carbons (Fsp3) is 0.632. The van der Waals surface area contributed by atoms with Crippen LogP contribution in [-0.2, 0) is 9.47 Å². The van der Waals surface area contributed by atoms with Gasteiger partial charge >= 0.3 is 0 Å². The molecule has 0 unspecified atom stereocenters. The Morgan fingerprint density at radius 3 is 2.64 bits per heavy atom. The Kier molecular flexibility index (Phi) is 5.49. The van der Waals surface area contributed by atoms with Crippen molar-refractivity contribution in [2.45, 2.75) is 12.8 Å². The van der Waals surface area contributed by atoms with Crippen LogP contribution in [0.15, 0.2) is 18.2 Å². The maximum absolute atomic E-state index is 13.1. The van der Waals surface area contributed by atoms with E-state index in [1.807, 2.05) is 4.90 Å². The van der Waals surface area contributed by atoms with Crippen LogP contribution in [0.3, 0.4) is 0 Å². The first kappa shape index (κ1) is 18.0. The van der Waals surface area contributed by atoms with Crippen molar-refractivity contribution in [2.75, 3.05) is 54.2 Å². The number of carbonyl (C=O) groups is 1. The number of benzene rings is 1. The summed E-state index contributed by atoms with van der Waals surface area (Å²) in [7, 11) is 4.90. The summed E-state index contributed by atoms with van der Waals surface area (Å²) < 4.78 is 21.6. The highest BCUT2D eigenvalue weighted by molar-refractivity contribution is 5.97. The largest absolute Gasteiger partial charge is 0.497 e. The van der Waals surface area contributed by atoms with Crippen LogP contribution in [0.2, 0.25) is 0 Å². The summed E-state index contributed by atoms with van der Waals surface area (Å²) in [5.41, 5.74) is 0.674. The topological polar surface area (TPSA) is 57.2 Å². The number of likely N-dealkylation sites (tertiary alicyclic amines) is 1. The van der Waals surface area contributed by atoms with Crippen molar-refractivity contribution in [3.63, 3.8) is 0 Å². The van der Waals surface area contributed by atoms with E-state index in [1.165, 1.54) is 0 Å². The van der Waals surface area contributed by atoms with E-state index >= 15 is 0 Å². The van der Waals surface area contributed by atoms with Crippen molar-refractivity contribution in [2.24, 2.45) is 11.3 Å². The fourth-order valence-electron chi connectivity index (χ4n) is 4.11. The van der Waals surface area contributed by atoms with Gasteiger partial charge in [-0.15, -0.1) is 0 Å². The monoisotopic (exact) mass is 349 g/mol. The maximum Gasteiger partial charge on any atom is 0.257 e. The predicted molar refractivity (Wildman–Crippen MR) is 93.3 cm³/mol. The van der Waals surface area contributed by atoms with Gasteiger partial charge in [-0.05, 0) is 30.4 Å². The molecule has 1 atom stereocenters. The smallest absolute Gasteiger partial charge is 0.257 e. The minimum atomic E-state index is 0.00368. The summed E-state index contributed by atoms with van der Waals surface area (Å²) in [6.07, 6.45) is 1.95. The van der Waals surface area contributed by atoms with Crippen molar-refractivity contribution in [3.8, 4) is 11.5 Å². The van der Waals surface area contributed by atoms with Gasteiger partial charge in [-0.25, -0.2) is 0 Å². The van der Waals surface area contributed by atoms with Gasteiger partial charge in [0.25, 0.3) is 5.91 Å². The Balaban J connectivity index is 1.83. The predicted octanol–water partition coefficient (Wildman–Crippen LogP) is 2.22. The number of hydrogen-bond acceptors (Lipinski definition) is 5. The Morgan fingerprint density at radius 2 is 2.00 bits per heavy atom. The second kappa shape index (κ2) is 7.62. The van der Waals surface area contributed by atoms with Gasteiger partial charge < -0.3 is 23.8 Å². The van der Waals surface area contributed by atoms with Crippen LogP contribution >= 0.6 is 0 Å². The van der Waals surface area contributed by atoms with E-state index in [2.05, 4.69) is 0 Å². The van der Waals surface area contributed by atoms with E-state index in [0.717, 1.165) is 32.6 Å². The first-order chi connectivity index (χ1) is 12.1. The molecule has 2 heterocycles. The molecule has 0 aromatic heterocycles. The third-order valence-electron chi connectivity index (χ3n) is 5.60. The lowest BCUT2D eigenvalue weighted by molar-refractivity contribution is -0.0169. The van der Waals surface area contributed by atoms with Gasteiger partial charge in [-0.3, -0.25) is 4.79 Å². The zero-order valence-corrected chi connectivity index (χ0v) is 15.2. The Hall–Kier alpha value is -1.79. The molecule has 2 fully saturated rings. The molecule has 6 nitrogen and oxygen atoms in total. The third kappa shape index (κ3) is 3.46. The lowest BCUT2D eigenvalue weighted by atomic mass is 9.72. The molecule has 2 saturated heterocycles. The summed E-state index contributed by atoms with van der Waals surface area (Å²) in [6, 6.07) is 5.32. The third-order valence-corrected chi connectivity index (χ3v) is 5.60. The van der Waals surface area contributed by atoms with Crippen molar-refractivity contribution in [3.05, 3.63) is 23.8 Å². The first-order valence-electron chi connectivity index (χ1n) is 8.71. The fourth-order valence-corrected chi connectivity index (χ4v) is 4.11. The normalized spacial score (nSPS) is 22.2. The number of rotatable bonds is 5. The van der Waals surface area contributed by atoms with Crippen LogP contribution < -0.4 is 9.47 Å². The number of ether oxygens (including phenoxy) is 4. The van der Waals surface area contributed by atoms with Gasteiger partial charge in [-0.1, -0.05) is 0 Å². The van der Waals surface area contributed by atoms with E-state index in [-0.39, 0.29) is 11.3 Å². The number of amides is 1. The molecule has 2 aliphatic rings. The Morgan fingerprint density at radius 1 is 1.24 bits per heavy atom. The van der Waals surface area contributed by atoms with E-state index in [9.17, 15) is 4.79 Å². The van der Waals surface area contributed by atoms with Gasteiger partial charge in [0.2, 0.25) is 0 Å². The van der Waals surface area contributed by atoms with Crippen molar-refractivity contribution in [1.29, 1.82) is 0 Å².